The molecule has 1 aromatic heterocycles. The number of benzene rings is 1. The van der Waals surface area contributed by atoms with Crippen LogP contribution in [-0.4, -0.2) is 29.7 Å². The fourth-order valence-electron chi connectivity index (χ4n) is 1.65. The Hall–Kier alpha value is -2.30. The molecule has 0 unspecified atom stereocenters. The smallest absolute Gasteiger partial charge is 0.147 e. The zero-order valence-electron chi connectivity index (χ0n) is 11.7. The van der Waals surface area contributed by atoms with Gasteiger partial charge in [0, 0.05) is 6.54 Å². The SMILES string of the molecule is CCCNc1cncc(NCCOc2ccccc2)n1. The van der Waals surface area contributed by atoms with E-state index in [2.05, 4.69) is 27.5 Å². The molecule has 1 heterocycles. The molecule has 5 nitrogen and oxygen atoms in total. The Labute approximate surface area is 119 Å². The fourth-order valence-corrected chi connectivity index (χ4v) is 1.65. The van der Waals surface area contributed by atoms with Gasteiger partial charge in [0.15, 0.2) is 0 Å². The maximum absolute atomic E-state index is 5.60. The summed E-state index contributed by atoms with van der Waals surface area (Å²) in [4.78, 5) is 8.56. The Morgan fingerprint density at radius 3 is 2.40 bits per heavy atom. The molecule has 106 valence electrons. The molecule has 0 amide bonds. The summed E-state index contributed by atoms with van der Waals surface area (Å²) in [5, 5.41) is 6.40. The van der Waals surface area contributed by atoms with Gasteiger partial charge in [-0.05, 0) is 18.6 Å². The van der Waals surface area contributed by atoms with Gasteiger partial charge in [-0.3, -0.25) is 4.98 Å². The van der Waals surface area contributed by atoms with Crippen molar-refractivity contribution in [2.24, 2.45) is 0 Å². The third-order valence-corrected chi connectivity index (χ3v) is 2.61. The first-order valence-electron chi connectivity index (χ1n) is 6.86. The summed E-state index contributed by atoms with van der Waals surface area (Å²) < 4.78 is 5.60. The van der Waals surface area contributed by atoms with Crippen molar-refractivity contribution < 1.29 is 4.74 Å². The van der Waals surface area contributed by atoms with E-state index in [9.17, 15) is 0 Å². The lowest BCUT2D eigenvalue weighted by atomic mass is 10.3. The zero-order valence-corrected chi connectivity index (χ0v) is 11.7. The number of hydrogen-bond acceptors (Lipinski definition) is 5. The van der Waals surface area contributed by atoms with Crippen LogP contribution >= 0.6 is 0 Å². The first-order valence-corrected chi connectivity index (χ1v) is 6.86. The molecule has 5 heteroatoms. The largest absolute Gasteiger partial charge is 0.492 e. The number of nitrogens with zero attached hydrogens (tertiary/aromatic N) is 2. The monoisotopic (exact) mass is 272 g/mol. The first kappa shape index (κ1) is 14.1. The van der Waals surface area contributed by atoms with E-state index in [0.717, 1.165) is 30.4 Å². The van der Waals surface area contributed by atoms with Crippen LogP contribution in [-0.2, 0) is 0 Å². The molecule has 0 radical (unpaired) electrons. The summed E-state index contributed by atoms with van der Waals surface area (Å²) in [5.41, 5.74) is 0. The molecule has 20 heavy (non-hydrogen) atoms. The predicted octanol–water partition coefficient (Wildman–Crippen LogP) is 2.79. The quantitative estimate of drug-likeness (QED) is 0.724. The molecule has 0 atom stereocenters. The normalized spacial score (nSPS) is 10.1. The maximum atomic E-state index is 5.60. The molecule has 0 aliphatic carbocycles. The van der Waals surface area contributed by atoms with Gasteiger partial charge in [0.1, 0.15) is 24.0 Å². The highest BCUT2D eigenvalue weighted by molar-refractivity contribution is 5.41. The fraction of sp³-hybridized carbons (Fsp3) is 0.333. The highest BCUT2D eigenvalue weighted by atomic mass is 16.5. The molecular weight excluding hydrogens is 252 g/mol. The van der Waals surface area contributed by atoms with E-state index < -0.39 is 0 Å². The molecule has 0 bridgehead atoms. The van der Waals surface area contributed by atoms with Crippen molar-refractivity contribution in [2.45, 2.75) is 13.3 Å². The van der Waals surface area contributed by atoms with Crippen LogP contribution in [0.3, 0.4) is 0 Å². The van der Waals surface area contributed by atoms with Crippen LogP contribution in [0.4, 0.5) is 11.6 Å². The van der Waals surface area contributed by atoms with E-state index in [1.165, 1.54) is 0 Å². The van der Waals surface area contributed by atoms with Gasteiger partial charge in [-0.15, -0.1) is 0 Å². The van der Waals surface area contributed by atoms with Crippen LogP contribution in [0, 0.1) is 0 Å². The van der Waals surface area contributed by atoms with Gasteiger partial charge >= 0.3 is 0 Å². The van der Waals surface area contributed by atoms with Crippen molar-refractivity contribution in [1.29, 1.82) is 0 Å². The van der Waals surface area contributed by atoms with Crippen molar-refractivity contribution in [3.05, 3.63) is 42.7 Å². The second kappa shape index (κ2) is 7.99. The number of anilines is 2. The molecule has 1 aromatic carbocycles. The number of aromatic nitrogens is 2. The molecule has 2 rings (SSSR count). The van der Waals surface area contributed by atoms with Crippen molar-refractivity contribution in [3.63, 3.8) is 0 Å². The highest BCUT2D eigenvalue weighted by Crippen LogP contribution is 2.09. The lowest BCUT2D eigenvalue weighted by Gasteiger charge is -2.09. The standard InChI is InChI=1S/C15H20N4O/c1-2-8-17-14-11-16-12-15(19-14)18-9-10-20-13-6-4-3-5-7-13/h3-7,11-12H,2,8-10H2,1H3,(H2,17,18,19). The van der Waals surface area contributed by atoms with Crippen LogP contribution in [0.5, 0.6) is 5.75 Å². The Morgan fingerprint density at radius 1 is 1.00 bits per heavy atom. The average molecular weight is 272 g/mol. The van der Waals surface area contributed by atoms with E-state index in [1.54, 1.807) is 12.4 Å². The number of para-hydroxylation sites is 1. The summed E-state index contributed by atoms with van der Waals surface area (Å²) in [7, 11) is 0. The third-order valence-electron chi connectivity index (χ3n) is 2.61. The minimum atomic E-state index is 0.582. The van der Waals surface area contributed by atoms with Crippen molar-refractivity contribution >= 4 is 11.6 Å². The molecule has 2 aromatic rings. The number of rotatable bonds is 8. The van der Waals surface area contributed by atoms with Gasteiger partial charge < -0.3 is 15.4 Å². The lowest BCUT2D eigenvalue weighted by molar-refractivity contribution is 0.333. The van der Waals surface area contributed by atoms with Gasteiger partial charge in [-0.25, -0.2) is 4.98 Å². The molecule has 0 fully saturated rings. The highest BCUT2D eigenvalue weighted by Gasteiger charge is 1.98. The number of nitrogens with one attached hydrogen (secondary N) is 2. The molecule has 0 saturated carbocycles. The van der Waals surface area contributed by atoms with E-state index in [0.29, 0.717) is 13.2 Å². The van der Waals surface area contributed by atoms with Gasteiger partial charge in [-0.2, -0.15) is 0 Å². The van der Waals surface area contributed by atoms with Crippen molar-refractivity contribution in [1.82, 2.24) is 9.97 Å². The summed E-state index contributed by atoms with van der Waals surface area (Å²) in [5.74, 6) is 2.42. The van der Waals surface area contributed by atoms with Gasteiger partial charge in [0.2, 0.25) is 0 Å². The van der Waals surface area contributed by atoms with Crippen LogP contribution in [0.2, 0.25) is 0 Å². The van der Waals surface area contributed by atoms with Crippen molar-refractivity contribution in [2.75, 3.05) is 30.3 Å². The van der Waals surface area contributed by atoms with E-state index in [4.69, 9.17) is 4.74 Å². The van der Waals surface area contributed by atoms with Gasteiger partial charge in [0.05, 0.1) is 18.9 Å². The predicted molar refractivity (Wildman–Crippen MR) is 81.2 cm³/mol. The van der Waals surface area contributed by atoms with Crippen LogP contribution in [0.1, 0.15) is 13.3 Å². The van der Waals surface area contributed by atoms with Crippen LogP contribution < -0.4 is 15.4 Å². The average Bonchev–Trinajstić information content (AvgIpc) is 2.51. The Bertz CT molecular complexity index is 504. The summed E-state index contributed by atoms with van der Waals surface area (Å²) in [6.07, 6.45) is 4.49. The molecule has 0 saturated heterocycles. The van der Waals surface area contributed by atoms with Crippen LogP contribution in [0.25, 0.3) is 0 Å². The number of ether oxygens (including phenoxy) is 1. The van der Waals surface area contributed by atoms with Gasteiger partial charge in [-0.1, -0.05) is 25.1 Å². The topological polar surface area (TPSA) is 59.1 Å². The molecule has 0 aliphatic rings. The summed E-state index contributed by atoms with van der Waals surface area (Å²) in [6, 6.07) is 9.76. The van der Waals surface area contributed by atoms with Crippen molar-refractivity contribution in [3.8, 4) is 5.75 Å². The molecular formula is C15H20N4O. The minimum absolute atomic E-state index is 0.582. The molecule has 2 N–H and O–H groups in total. The second-order valence-electron chi connectivity index (χ2n) is 4.30. The summed E-state index contributed by atoms with van der Waals surface area (Å²) >= 11 is 0. The van der Waals surface area contributed by atoms with E-state index in [1.807, 2.05) is 30.3 Å². The third kappa shape index (κ3) is 4.76. The van der Waals surface area contributed by atoms with E-state index >= 15 is 0 Å². The number of hydrogen-bond donors (Lipinski definition) is 2. The molecule has 0 spiro atoms. The minimum Gasteiger partial charge on any atom is -0.492 e. The Morgan fingerprint density at radius 2 is 1.70 bits per heavy atom. The zero-order chi connectivity index (χ0) is 14.0. The second-order valence-corrected chi connectivity index (χ2v) is 4.30. The van der Waals surface area contributed by atoms with E-state index in [-0.39, 0.29) is 0 Å². The maximum Gasteiger partial charge on any atom is 0.147 e. The Kier molecular flexibility index (Phi) is 5.64. The lowest BCUT2D eigenvalue weighted by Crippen LogP contribution is -2.13. The van der Waals surface area contributed by atoms with Gasteiger partial charge in [0.25, 0.3) is 0 Å². The molecule has 0 aliphatic heterocycles. The first-order chi connectivity index (χ1) is 9.88. The van der Waals surface area contributed by atoms with Crippen LogP contribution in [0.15, 0.2) is 42.7 Å². The summed E-state index contributed by atoms with van der Waals surface area (Å²) in [6.45, 7) is 4.28. The Balaban J connectivity index is 1.73.